The second-order valence-corrected chi connectivity index (χ2v) is 4.30. The Labute approximate surface area is 94.6 Å². The summed E-state index contributed by atoms with van der Waals surface area (Å²) in [5.41, 5.74) is 0.190. The highest BCUT2D eigenvalue weighted by Crippen LogP contribution is 2.15. The molecule has 0 bridgehead atoms. The van der Waals surface area contributed by atoms with Crippen molar-refractivity contribution in [1.82, 2.24) is 4.98 Å². The summed E-state index contributed by atoms with van der Waals surface area (Å²) in [5, 5.41) is 2.31. The van der Waals surface area contributed by atoms with Crippen molar-refractivity contribution in [3.8, 4) is 0 Å². The quantitative estimate of drug-likeness (QED) is 0.754. The Hall–Kier alpha value is -1.62. The molecule has 0 saturated carbocycles. The van der Waals surface area contributed by atoms with Crippen LogP contribution in [0.15, 0.2) is 23.6 Å². The van der Waals surface area contributed by atoms with Crippen molar-refractivity contribution >= 4 is 17.1 Å². The predicted octanol–water partition coefficient (Wildman–Crippen LogP) is 2.96. The number of hydrogen-bond acceptors (Lipinski definition) is 3. The van der Waals surface area contributed by atoms with Gasteiger partial charge in [0.2, 0.25) is 5.78 Å². The molecule has 0 radical (unpaired) electrons. The molecule has 0 atom stereocenters. The molecule has 1 heterocycles. The van der Waals surface area contributed by atoms with Gasteiger partial charge in [0.05, 0.1) is 5.01 Å². The summed E-state index contributed by atoms with van der Waals surface area (Å²) in [6, 6.07) is 2.73. The first-order chi connectivity index (χ1) is 7.56. The van der Waals surface area contributed by atoms with Crippen molar-refractivity contribution in [2.24, 2.45) is 0 Å². The van der Waals surface area contributed by atoms with Crippen LogP contribution in [0.4, 0.5) is 8.78 Å². The maximum atomic E-state index is 12.9. The number of nitrogens with zero attached hydrogens (tertiary/aromatic N) is 1. The summed E-state index contributed by atoms with van der Waals surface area (Å²) in [4.78, 5) is 15.7. The van der Waals surface area contributed by atoms with E-state index >= 15 is 0 Å². The van der Waals surface area contributed by atoms with Crippen LogP contribution >= 0.6 is 11.3 Å². The number of hydrogen-bond donors (Lipinski definition) is 0. The standard InChI is InChI=1S/C11H7F2NOS/c1-6-14-10(5-16-6)11(15)7-2-8(12)4-9(13)3-7/h2-5H,1H3. The lowest BCUT2D eigenvalue weighted by atomic mass is 10.1. The van der Waals surface area contributed by atoms with Gasteiger partial charge in [0.15, 0.2) is 0 Å². The molecular formula is C11H7F2NOS. The maximum Gasteiger partial charge on any atom is 0.212 e. The fraction of sp³-hybridized carbons (Fsp3) is 0.0909. The Morgan fingerprint density at radius 2 is 1.88 bits per heavy atom. The number of halogens is 2. The Morgan fingerprint density at radius 1 is 1.25 bits per heavy atom. The molecule has 0 aliphatic heterocycles. The van der Waals surface area contributed by atoms with Crippen molar-refractivity contribution < 1.29 is 13.6 Å². The van der Waals surface area contributed by atoms with E-state index in [9.17, 15) is 13.6 Å². The van der Waals surface area contributed by atoms with Gasteiger partial charge in [-0.25, -0.2) is 13.8 Å². The zero-order valence-corrected chi connectivity index (χ0v) is 9.15. The molecular weight excluding hydrogens is 232 g/mol. The normalized spacial score (nSPS) is 10.4. The van der Waals surface area contributed by atoms with Gasteiger partial charge in [-0.15, -0.1) is 11.3 Å². The van der Waals surface area contributed by atoms with E-state index in [1.807, 2.05) is 0 Å². The smallest absolute Gasteiger partial charge is 0.212 e. The van der Waals surface area contributed by atoms with Gasteiger partial charge in [0, 0.05) is 17.0 Å². The Morgan fingerprint density at radius 3 is 2.38 bits per heavy atom. The molecule has 2 nitrogen and oxygen atoms in total. The van der Waals surface area contributed by atoms with E-state index in [1.54, 1.807) is 12.3 Å². The SMILES string of the molecule is Cc1nc(C(=O)c2cc(F)cc(F)c2)cs1. The van der Waals surface area contributed by atoms with Gasteiger partial charge in [0.25, 0.3) is 0 Å². The topological polar surface area (TPSA) is 30.0 Å². The molecule has 2 rings (SSSR count). The van der Waals surface area contributed by atoms with E-state index in [2.05, 4.69) is 4.98 Å². The number of thiazole rings is 1. The van der Waals surface area contributed by atoms with Gasteiger partial charge < -0.3 is 0 Å². The van der Waals surface area contributed by atoms with Gasteiger partial charge in [0.1, 0.15) is 17.3 Å². The molecule has 0 spiro atoms. The molecule has 16 heavy (non-hydrogen) atoms. The van der Waals surface area contributed by atoms with Crippen LogP contribution in [-0.4, -0.2) is 10.8 Å². The molecule has 82 valence electrons. The minimum absolute atomic E-state index is 0.0252. The number of carbonyl (C=O) groups is 1. The number of aryl methyl sites for hydroxylation is 1. The van der Waals surface area contributed by atoms with E-state index in [1.165, 1.54) is 11.3 Å². The Bertz CT molecular complexity index is 530. The van der Waals surface area contributed by atoms with Crippen LogP contribution in [0.25, 0.3) is 0 Å². The molecule has 0 saturated heterocycles. The average molecular weight is 239 g/mol. The first-order valence-corrected chi connectivity index (χ1v) is 5.37. The number of rotatable bonds is 2. The van der Waals surface area contributed by atoms with Crippen LogP contribution < -0.4 is 0 Å². The number of aromatic nitrogens is 1. The van der Waals surface area contributed by atoms with Crippen LogP contribution in [0, 0.1) is 18.6 Å². The van der Waals surface area contributed by atoms with E-state index < -0.39 is 17.4 Å². The van der Waals surface area contributed by atoms with Crippen molar-refractivity contribution in [3.63, 3.8) is 0 Å². The van der Waals surface area contributed by atoms with Gasteiger partial charge in [-0.2, -0.15) is 0 Å². The second kappa shape index (κ2) is 4.09. The predicted molar refractivity (Wildman–Crippen MR) is 56.6 cm³/mol. The molecule has 0 aliphatic carbocycles. The number of carbonyl (C=O) groups excluding carboxylic acids is 1. The van der Waals surface area contributed by atoms with Crippen LogP contribution in [-0.2, 0) is 0 Å². The molecule has 0 amide bonds. The van der Waals surface area contributed by atoms with E-state index in [0.717, 1.165) is 23.2 Å². The number of benzene rings is 1. The fourth-order valence-corrected chi connectivity index (χ4v) is 1.89. The zero-order chi connectivity index (χ0) is 11.7. The molecule has 5 heteroatoms. The molecule has 0 unspecified atom stereocenters. The minimum atomic E-state index is -0.768. The first kappa shape index (κ1) is 10.9. The molecule has 0 fully saturated rings. The lowest BCUT2D eigenvalue weighted by Gasteiger charge is -1.98. The van der Waals surface area contributed by atoms with E-state index in [0.29, 0.717) is 0 Å². The fourth-order valence-electron chi connectivity index (χ4n) is 1.30. The van der Waals surface area contributed by atoms with Crippen LogP contribution in [0.2, 0.25) is 0 Å². The van der Waals surface area contributed by atoms with Gasteiger partial charge >= 0.3 is 0 Å². The summed E-state index contributed by atoms with van der Waals surface area (Å²) < 4.78 is 25.8. The molecule has 1 aromatic carbocycles. The van der Waals surface area contributed by atoms with Crippen molar-refractivity contribution in [3.05, 3.63) is 51.5 Å². The Balaban J connectivity index is 2.41. The van der Waals surface area contributed by atoms with Crippen LogP contribution in [0.3, 0.4) is 0 Å². The zero-order valence-electron chi connectivity index (χ0n) is 8.33. The van der Waals surface area contributed by atoms with E-state index in [-0.39, 0.29) is 11.3 Å². The highest BCUT2D eigenvalue weighted by atomic mass is 32.1. The Kier molecular flexibility index (Phi) is 2.78. The minimum Gasteiger partial charge on any atom is -0.287 e. The lowest BCUT2D eigenvalue weighted by Crippen LogP contribution is -2.03. The number of ketones is 1. The summed E-state index contributed by atoms with van der Waals surface area (Å²) in [6.07, 6.45) is 0. The summed E-state index contributed by atoms with van der Waals surface area (Å²) >= 11 is 1.32. The maximum absolute atomic E-state index is 12.9. The van der Waals surface area contributed by atoms with Crippen molar-refractivity contribution in [2.75, 3.05) is 0 Å². The third-order valence-corrected chi connectivity index (χ3v) is 2.75. The van der Waals surface area contributed by atoms with Crippen molar-refractivity contribution in [2.45, 2.75) is 6.92 Å². The molecule has 2 aromatic rings. The van der Waals surface area contributed by atoms with Gasteiger partial charge in [-0.05, 0) is 19.1 Å². The van der Waals surface area contributed by atoms with Crippen LogP contribution in [0.5, 0.6) is 0 Å². The summed E-state index contributed by atoms with van der Waals surface area (Å²) in [7, 11) is 0. The average Bonchev–Trinajstić information content (AvgIpc) is 2.62. The highest BCUT2D eigenvalue weighted by molar-refractivity contribution is 7.09. The third-order valence-electron chi connectivity index (χ3n) is 1.98. The largest absolute Gasteiger partial charge is 0.287 e. The third kappa shape index (κ3) is 2.14. The molecule has 1 aromatic heterocycles. The summed E-state index contributed by atoms with van der Waals surface area (Å²) in [6.45, 7) is 1.76. The van der Waals surface area contributed by atoms with Gasteiger partial charge in [-0.3, -0.25) is 4.79 Å². The van der Waals surface area contributed by atoms with Gasteiger partial charge in [-0.1, -0.05) is 0 Å². The monoisotopic (exact) mass is 239 g/mol. The molecule has 0 aliphatic rings. The van der Waals surface area contributed by atoms with Crippen LogP contribution in [0.1, 0.15) is 21.1 Å². The highest BCUT2D eigenvalue weighted by Gasteiger charge is 2.14. The first-order valence-electron chi connectivity index (χ1n) is 4.49. The summed E-state index contributed by atoms with van der Waals surface area (Å²) in [5.74, 6) is -2.01. The lowest BCUT2D eigenvalue weighted by molar-refractivity contribution is 0.103. The second-order valence-electron chi connectivity index (χ2n) is 3.24. The van der Waals surface area contributed by atoms with Crippen molar-refractivity contribution in [1.29, 1.82) is 0 Å². The molecule has 0 N–H and O–H groups in total. The van der Waals surface area contributed by atoms with E-state index in [4.69, 9.17) is 0 Å².